The van der Waals surface area contributed by atoms with Gasteiger partial charge in [-0.25, -0.2) is 4.79 Å². The maximum Gasteiger partial charge on any atom is 0.326 e. The van der Waals surface area contributed by atoms with Crippen molar-refractivity contribution in [2.75, 3.05) is 0 Å². The Labute approximate surface area is 203 Å². The topological polar surface area (TPSA) is 125 Å². The van der Waals surface area contributed by atoms with E-state index in [4.69, 9.17) is 4.74 Å². The molecule has 0 saturated carbocycles. The van der Waals surface area contributed by atoms with Crippen LogP contribution in [0.1, 0.15) is 86.3 Å². The first-order chi connectivity index (χ1) is 15.3. The average Bonchev–Trinajstić information content (AvgIpc) is 2.62. The van der Waals surface area contributed by atoms with Crippen molar-refractivity contribution in [1.82, 2.24) is 10.6 Å². The second-order valence-electron chi connectivity index (χ2n) is 11.8. The number of carboxylic acid groups (broad SMARTS) is 1. The summed E-state index contributed by atoms with van der Waals surface area (Å²) >= 11 is 0. The SMILES string of the molecule is CC(C)(C)N[C@@H](CCC(=O)OC(C)(C)C)C(=O)N[C@@H](Cc1ccc(O)c(C(C)(C)C)c1)C(=O)O. The molecule has 0 aromatic heterocycles. The van der Waals surface area contributed by atoms with Crippen molar-refractivity contribution < 1.29 is 29.3 Å². The van der Waals surface area contributed by atoms with E-state index in [-0.39, 0.29) is 30.4 Å². The lowest BCUT2D eigenvalue weighted by molar-refractivity contribution is -0.155. The first kappa shape index (κ1) is 29.4. The molecule has 2 atom stereocenters. The van der Waals surface area contributed by atoms with Crippen molar-refractivity contribution in [3.63, 3.8) is 0 Å². The third-order valence-electron chi connectivity index (χ3n) is 4.90. The van der Waals surface area contributed by atoms with Gasteiger partial charge in [-0.3, -0.25) is 9.59 Å². The normalized spacial score (nSPS) is 14.3. The van der Waals surface area contributed by atoms with Gasteiger partial charge in [0.05, 0.1) is 6.04 Å². The van der Waals surface area contributed by atoms with Gasteiger partial charge in [0, 0.05) is 18.4 Å². The minimum Gasteiger partial charge on any atom is -0.508 e. The van der Waals surface area contributed by atoms with Crippen LogP contribution in [0.15, 0.2) is 18.2 Å². The molecule has 0 radical (unpaired) electrons. The van der Waals surface area contributed by atoms with Gasteiger partial charge >= 0.3 is 11.9 Å². The fraction of sp³-hybridized carbons (Fsp3) is 0.654. The van der Waals surface area contributed by atoms with Crippen molar-refractivity contribution in [3.05, 3.63) is 29.3 Å². The van der Waals surface area contributed by atoms with Crippen molar-refractivity contribution in [3.8, 4) is 5.75 Å². The highest BCUT2D eigenvalue weighted by Gasteiger charge is 2.30. The van der Waals surface area contributed by atoms with Gasteiger partial charge in [0.25, 0.3) is 0 Å². The number of rotatable bonds is 9. The van der Waals surface area contributed by atoms with Crippen molar-refractivity contribution in [2.45, 2.75) is 110 Å². The van der Waals surface area contributed by atoms with E-state index in [0.717, 1.165) is 0 Å². The molecule has 0 fully saturated rings. The minimum atomic E-state index is -1.17. The van der Waals surface area contributed by atoms with Crippen LogP contribution < -0.4 is 10.6 Å². The maximum atomic E-state index is 13.1. The van der Waals surface area contributed by atoms with Gasteiger partial charge in [-0.15, -0.1) is 0 Å². The Morgan fingerprint density at radius 2 is 1.56 bits per heavy atom. The summed E-state index contributed by atoms with van der Waals surface area (Å²) in [5, 5.41) is 25.7. The Balaban J connectivity index is 3.02. The molecule has 1 aromatic carbocycles. The second-order valence-corrected chi connectivity index (χ2v) is 11.8. The highest BCUT2D eigenvalue weighted by molar-refractivity contribution is 5.87. The van der Waals surface area contributed by atoms with E-state index in [9.17, 15) is 24.6 Å². The number of esters is 1. The number of hydrogen-bond acceptors (Lipinski definition) is 6. The lowest BCUT2D eigenvalue weighted by Gasteiger charge is -2.29. The van der Waals surface area contributed by atoms with Gasteiger partial charge in [0.2, 0.25) is 5.91 Å². The molecule has 0 unspecified atom stereocenters. The molecule has 8 nitrogen and oxygen atoms in total. The Bertz CT molecular complexity index is 875. The van der Waals surface area contributed by atoms with Crippen LogP contribution in [0.4, 0.5) is 0 Å². The van der Waals surface area contributed by atoms with Gasteiger partial charge in [-0.1, -0.05) is 32.9 Å². The predicted octanol–water partition coefficient (Wildman–Crippen LogP) is 3.68. The molecule has 192 valence electrons. The molecule has 1 aromatic rings. The lowest BCUT2D eigenvalue weighted by Crippen LogP contribution is -2.55. The second kappa shape index (κ2) is 11.2. The van der Waals surface area contributed by atoms with Gasteiger partial charge in [0.15, 0.2) is 0 Å². The fourth-order valence-electron chi connectivity index (χ4n) is 3.47. The number of aromatic hydroxyl groups is 1. The van der Waals surface area contributed by atoms with Crippen LogP contribution in [0.5, 0.6) is 5.75 Å². The molecule has 1 amide bonds. The summed E-state index contributed by atoms with van der Waals surface area (Å²) in [5.74, 6) is -1.94. The van der Waals surface area contributed by atoms with E-state index < -0.39 is 41.1 Å². The van der Waals surface area contributed by atoms with Crippen molar-refractivity contribution >= 4 is 17.8 Å². The highest BCUT2D eigenvalue weighted by Crippen LogP contribution is 2.31. The quantitative estimate of drug-likeness (QED) is 0.399. The number of carboxylic acids is 1. The van der Waals surface area contributed by atoms with Gasteiger partial charge < -0.3 is 25.6 Å². The maximum absolute atomic E-state index is 13.1. The zero-order valence-electron chi connectivity index (χ0n) is 22.0. The Kier molecular flexibility index (Phi) is 9.70. The summed E-state index contributed by atoms with van der Waals surface area (Å²) < 4.78 is 5.33. The van der Waals surface area contributed by atoms with Crippen molar-refractivity contribution in [2.24, 2.45) is 0 Å². The Morgan fingerprint density at radius 1 is 0.971 bits per heavy atom. The van der Waals surface area contributed by atoms with Crippen LogP contribution in [0, 0.1) is 0 Å². The summed E-state index contributed by atoms with van der Waals surface area (Å²) in [6, 6.07) is 3.02. The largest absolute Gasteiger partial charge is 0.508 e. The number of aliphatic carboxylic acids is 1. The fourth-order valence-corrected chi connectivity index (χ4v) is 3.47. The van der Waals surface area contributed by atoms with E-state index in [1.165, 1.54) is 0 Å². The first-order valence-corrected chi connectivity index (χ1v) is 11.6. The Hall–Kier alpha value is -2.61. The summed E-state index contributed by atoms with van der Waals surface area (Å²) in [4.78, 5) is 37.2. The number of carbonyl (C=O) groups is 3. The number of phenolic OH excluding ortho intramolecular Hbond substituents is 1. The minimum absolute atomic E-state index is 0.0169. The predicted molar refractivity (Wildman–Crippen MR) is 132 cm³/mol. The smallest absolute Gasteiger partial charge is 0.326 e. The molecular formula is C26H42N2O6. The molecule has 0 bridgehead atoms. The zero-order chi connectivity index (χ0) is 26.5. The highest BCUT2D eigenvalue weighted by atomic mass is 16.6. The van der Waals surface area contributed by atoms with E-state index in [0.29, 0.717) is 11.1 Å². The summed E-state index contributed by atoms with van der Waals surface area (Å²) in [6.07, 6.45) is 0.236. The average molecular weight is 479 g/mol. The number of benzene rings is 1. The van der Waals surface area contributed by atoms with Gasteiger partial charge in [-0.2, -0.15) is 0 Å². The Morgan fingerprint density at radius 3 is 2.03 bits per heavy atom. The van der Waals surface area contributed by atoms with Crippen LogP contribution in [0.3, 0.4) is 0 Å². The molecule has 8 heteroatoms. The van der Waals surface area contributed by atoms with Crippen LogP contribution in [0.2, 0.25) is 0 Å². The number of nitrogens with one attached hydrogen (secondary N) is 2. The monoisotopic (exact) mass is 478 g/mol. The number of carbonyl (C=O) groups excluding carboxylic acids is 2. The van der Waals surface area contributed by atoms with E-state index >= 15 is 0 Å². The molecule has 0 spiro atoms. The van der Waals surface area contributed by atoms with Crippen LogP contribution in [0.25, 0.3) is 0 Å². The molecular weight excluding hydrogens is 436 g/mol. The van der Waals surface area contributed by atoms with Crippen LogP contribution in [-0.2, 0) is 31.0 Å². The zero-order valence-corrected chi connectivity index (χ0v) is 22.0. The number of phenols is 1. The molecule has 34 heavy (non-hydrogen) atoms. The molecule has 0 aliphatic rings. The molecule has 0 aliphatic heterocycles. The van der Waals surface area contributed by atoms with E-state index in [2.05, 4.69) is 10.6 Å². The third-order valence-corrected chi connectivity index (χ3v) is 4.90. The molecule has 0 saturated heterocycles. The van der Waals surface area contributed by atoms with Crippen LogP contribution >= 0.6 is 0 Å². The number of hydrogen-bond donors (Lipinski definition) is 4. The van der Waals surface area contributed by atoms with Crippen molar-refractivity contribution in [1.29, 1.82) is 0 Å². The van der Waals surface area contributed by atoms with Gasteiger partial charge in [-0.05, 0) is 70.6 Å². The molecule has 0 heterocycles. The van der Waals surface area contributed by atoms with E-state index in [1.54, 1.807) is 39.0 Å². The summed E-state index contributed by atoms with van der Waals surface area (Å²) in [7, 11) is 0. The molecule has 4 N–H and O–H groups in total. The molecule has 0 aliphatic carbocycles. The number of ether oxygens (including phenoxy) is 1. The summed E-state index contributed by atoms with van der Waals surface area (Å²) in [6.45, 7) is 16.8. The summed E-state index contributed by atoms with van der Waals surface area (Å²) in [5.41, 5.74) is -0.00955. The standard InChI is InChI=1S/C26H42N2O6/c1-24(2,3)17-14-16(10-12-20(17)29)15-19(23(32)33)27-22(31)18(28-25(4,5)6)11-13-21(30)34-26(7,8)9/h10,12,14,18-19,28-29H,11,13,15H2,1-9H3,(H,27,31)(H,32,33)/t18-,19-/m0/s1. The van der Waals surface area contributed by atoms with Crippen LogP contribution in [-0.4, -0.2) is 51.3 Å². The van der Waals surface area contributed by atoms with E-state index in [1.807, 2.05) is 41.5 Å². The third kappa shape index (κ3) is 10.5. The lowest BCUT2D eigenvalue weighted by atomic mass is 9.85. The molecule has 1 rings (SSSR count). The number of amides is 1. The first-order valence-electron chi connectivity index (χ1n) is 11.6. The van der Waals surface area contributed by atoms with Gasteiger partial charge in [0.1, 0.15) is 17.4 Å².